The quantitative estimate of drug-likeness (QED) is 0.219. The van der Waals surface area contributed by atoms with Crippen LogP contribution in [0.4, 0.5) is 17.1 Å². The van der Waals surface area contributed by atoms with Crippen LogP contribution in [0.2, 0.25) is 0 Å². The van der Waals surface area contributed by atoms with Gasteiger partial charge in [-0.1, -0.05) is 84.9 Å². The fourth-order valence-corrected chi connectivity index (χ4v) is 6.84. The molecule has 0 atom stereocenters. The minimum Gasteiger partial charge on any atom is -0.458 e. The Bertz CT molecular complexity index is 2000. The van der Waals surface area contributed by atoms with Gasteiger partial charge in [0.25, 0.3) is 6.71 Å². The SMILES string of the molecule is c1ccc(N2c3ccccc3Cc3c(-c4ccc5c(c4)Oc4cccc6c4B5c4ccccc4O6)cccc32)cc1. The van der Waals surface area contributed by atoms with Gasteiger partial charge in [0.1, 0.15) is 23.0 Å². The highest BCUT2D eigenvalue weighted by atomic mass is 16.5. The monoisotopic (exact) mass is 525 g/mol. The van der Waals surface area contributed by atoms with Crippen LogP contribution in [-0.4, -0.2) is 6.71 Å². The van der Waals surface area contributed by atoms with E-state index in [1.54, 1.807) is 0 Å². The van der Waals surface area contributed by atoms with Crippen molar-refractivity contribution in [1.29, 1.82) is 0 Å². The second kappa shape index (κ2) is 8.64. The summed E-state index contributed by atoms with van der Waals surface area (Å²) in [7, 11) is 0. The largest absolute Gasteiger partial charge is 0.458 e. The molecule has 0 amide bonds. The zero-order valence-electron chi connectivity index (χ0n) is 22.2. The van der Waals surface area contributed by atoms with E-state index in [2.05, 4.69) is 120 Å². The van der Waals surface area contributed by atoms with Crippen molar-refractivity contribution in [3.05, 3.63) is 145 Å². The van der Waals surface area contributed by atoms with Crippen molar-refractivity contribution < 1.29 is 9.47 Å². The van der Waals surface area contributed by atoms with Crippen LogP contribution in [0.1, 0.15) is 11.1 Å². The number of rotatable bonds is 2. The van der Waals surface area contributed by atoms with Gasteiger partial charge in [-0.3, -0.25) is 0 Å². The van der Waals surface area contributed by atoms with E-state index in [1.807, 2.05) is 18.2 Å². The Labute approximate surface area is 239 Å². The second-order valence-electron chi connectivity index (χ2n) is 10.9. The first-order valence-electron chi connectivity index (χ1n) is 14.1. The molecule has 0 fully saturated rings. The topological polar surface area (TPSA) is 21.7 Å². The van der Waals surface area contributed by atoms with Crippen LogP contribution in [0.3, 0.4) is 0 Å². The maximum atomic E-state index is 6.60. The lowest BCUT2D eigenvalue weighted by molar-refractivity contribution is 0.464. The van der Waals surface area contributed by atoms with Gasteiger partial charge in [0.15, 0.2) is 0 Å². The lowest BCUT2D eigenvalue weighted by atomic mass is 9.35. The van der Waals surface area contributed by atoms with Crippen LogP contribution >= 0.6 is 0 Å². The molecule has 0 aromatic heterocycles. The molecular formula is C37H24BNO2. The molecule has 6 aromatic carbocycles. The van der Waals surface area contributed by atoms with Gasteiger partial charge in [0.2, 0.25) is 0 Å². The molecule has 3 heterocycles. The summed E-state index contributed by atoms with van der Waals surface area (Å²) < 4.78 is 12.9. The van der Waals surface area contributed by atoms with Crippen LogP contribution in [0.15, 0.2) is 133 Å². The number of hydrogen-bond acceptors (Lipinski definition) is 3. The van der Waals surface area contributed by atoms with Gasteiger partial charge < -0.3 is 14.4 Å². The van der Waals surface area contributed by atoms with Crippen molar-refractivity contribution in [2.24, 2.45) is 0 Å². The number of benzene rings is 6. The minimum atomic E-state index is 0.0779. The highest BCUT2D eigenvalue weighted by Gasteiger charge is 2.40. The van der Waals surface area contributed by atoms with Crippen LogP contribution in [0, 0.1) is 0 Å². The van der Waals surface area contributed by atoms with E-state index in [0.29, 0.717) is 0 Å². The molecule has 0 aliphatic carbocycles. The summed E-state index contributed by atoms with van der Waals surface area (Å²) in [5.41, 5.74) is 12.1. The third kappa shape index (κ3) is 3.34. The molecular weight excluding hydrogens is 501 g/mol. The van der Waals surface area contributed by atoms with Crippen LogP contribution in [-0.2, 0) is 6.42 Å². The van der Waals surface area contributed by atoms with E-state index in [1.165, 1.54) is 39.0 Å². The molecule has 0 radical (unpaired) electrons. The minimum absolute atomic E-state index is 0.0779. The Morgan fingerprint density at radius 1 is 0.537 bits per heavy atom. The zero-order chi connectivity index (χ0) is 26.9. The number of hydrogen-bond donors (Lipinski definition) is 0. The maximum Gasteiger partial charge on any atom is 0.260 e. The Morgan fingerprint density at radius 2 is 1.22 bits per heavy atom. The van der Waals surface area contributed by atoms with Gasteiger partial charge in [0.05, 0.1) is 5.69 Å². The molecule has 192 valence electrons. The molecule has 0 spiro atoms. The maximum absolute atomic E-state index is 6.60. The Balaban J connectivity index is 1.21. The van der Waals surface area contributed by atoms with Gasteiger partial charge >= 0.3 is 0 Å². The Hall–Kier alpha value is -5.22. The van der Waals surface area contributed by atoms with E-state index in [4.69, 9.17) is 9.47 Å². The standard InChI is InChI=1S/C37H24BNO2/c1-2-11-26(12-3-1)39-31-15-6-4-10-25(31)22-28-27(13-8-16-32(28)39)24-20-21-30-36(23-24)41-35-19-9-18-34-37(35)38(30)29-14-5-7-17-33(29)40-34/h1-21,23H,22H2. The molecule has 0 saturated carbocycles. The molecule has 3 aliphatic heterocycles. The molecule has 4 heteroatoms. The number of ether oxygens (including phenoxy) is 2. The van der Waals surface area contributed by atoms with E-state index in [-0.39, 0.29) is 6.71 Å². The summed E-state index contributed by atoms with van der Waals surface area (Å²) >= 11 is 0. The van der Waals surface area contributed by atoms with E-state index in [0.717, 1.165) is 46.1 Å². The highest BCUT2D eigenvalue weighted by molar-refractivity contribution is 6.98. The first-order valence-corrected chi connectivity index (χ1v) is 14.1. The summed E-state index contributed by atoms with van der Waals surface area (Å²) in [4.78, 5) is 2.39. The smallest absolute Gasteiger partial charge is 0.260 e. The van der Waals surface area contributed by atoms with Gasteiger partial charge in [0, 0.05) is 23.3 Å². The third-order valence-corrected chi connectivity index (χ3v) is 8.63. The van der Waals surface area contributed by atoms with Gasteiger partial charge in [-0.25, -0.2) is 0 Å². The fourth-order valence-electron chi connectivity index (χ4n) is 6.84. The average molecular weight is 525 g/mol. The van der Waals surface area contributed by atoms with Gasteiger partial charge in [-0.2, -0.15) is 0 Å². The van der Waals surface area contributed by atoms with E-state index < -0.39 is 0 Å². The first kappa shape index (κ1) is 22.6. The Morgan fingerprint density at radius 3 is 2.12 bits per heavy atom. The van der Waals surface area contributed by atoms with Crippen molar-refractivity contribution in [3.8, 4) is 34.1 Å². The average Bonchev–Trinajstić information content (AvgIpc) is 3.03. The summed E-state index contributed by atoms with van der Waals surface area (Å²) in [6, 6.07) is 47.2. The summed E-state index contributed by atoms with van der Waals surface area (Å²) in [5, 5.41) is 0. The number of nitrogens with zero attached hydrogens (tertiary/aromatic N) is 1. The first-order chi connectivity index (χ1) is 20.3. The summed E-state index contributed by atoms with van der Waals surface area (Å²) in [6.07, 6.45) is 0.877. The van der Waals surface area contributed by atoms with Crippen molar-refractivity contribution >= 4 is 40.2 Å². The van der Waals surface area contributed by atoms with Crippen LogP contribution < -0.4 is 30.8 Å². The molecule has 41 heavy (non-hydrogen) atoms. The van der Waals surface area contributed by atoms with E-state index >= 15 is 0 Å². The predicted molar refractivity (Wildman–Crippen MR) is 167 cm³/mol. The number of para-hydroxylation sites is 3. The van der Waals surface area contributed by atoms with Crippen LogP contribution in [0.5, 0.6) is 23.0 Å². The fraction of sp³-hybridized carbons (Fsp3) is 0.0270. The molecule has 3 nitrogen and oxygen atoms in total. The van der Waals surface area contributed by atoms with Crippen LogP contribution in [0.25, 0.3) is 11.1 Å². The molecule has 6 aromatic rings. The lowest BCUT2D eigenvalue weighted by Crippen LogP contribution is -2.57. The lowest BCUT2D eigenvalue weighted by Gasteiger charge is -2.35. The molecule has 3 aliphatic rings. The molecule has 0 unspecified atom stereocenters. The number of fused-ring (bicyclic) bond motifs is 6. The molecule has 0 saturated heterocycles. The third-order valence-electron chi connectivity index (χ3n) is 8.63. The van der Waals surface area contributed by atoms with Crippen molar-refractivity contribution in [1.82, 2.24) is 0 Å². The van der Waals surface area contributed by atoms with Crippen molar-refractivity contribution in [2.75, 3.05) is 4.90 Å². The molecule has 9 rings (SSSR count). The van der Waals surface area contributed by atoms with Gasteiger partial charge in [-0.15, -0.1) is 0 Å². The zero-order valence-corrected chi connectivity index (χ0v) is 22.2. The van der Waals surface area contributed by atoms with Crippen molar-refractivity contribution in [2.45, 2.75) is 6.42 Å². The highest BCUT2D eigenvalue weighted by Crippen LogP contribution is 2.47. The van der Waals surface area contributed by atoms with Crippen molar-refractivity contribution in [3.63, 3.8) is 0 Å². The van der Waals surface area contributed by atoms with Gasteiger partial charge in [-0.05, 0) is 81.7 Å². The number of anilines is 3. The second-order valence-corrected chi connectivity index (χ2v) is 10.9. The van der Waals surface area contributed by atoms with E-state index in [9.17, 15) is 0 Å². The Kier molecular flexibility index (Phi) is 4.76. The molecule has 0 N–H and O–H groups in total. The normalized spacial score (nSPS) is 13.6. The summed E-state index contributed by atoms with van der Waals surface area (Å²) in [6.45, 7) is 0.0779. The molecule has 0 bridgehead atoms. The summed E-state index contributed by atoms with van der Waals surface area (Å²) in [5.74, 6) is 3.56. The predicted octanol–water partition coefficient (Wildman–Crippen LogP) is 7.46.